The SMILES string of the molecule is N#Cc1ccc(NCCc2ncno2)c2ccccc12. The molecular formula is C15H12N4O. The number of fused-ring (bicyclic) bond motifs is 1. The first kappa shape index (κ1) is 12.2. The molecule has 98 valence electrons. The standard InChI is InChI=1S/C15H12N4O/c16-9-11-5-6-14(13-4-2-1-3-12(11)13)17-8-7-15-18-10-19-20-15/h1-6,10,17H,7-8H2. The Morgan fingerprint density at radius 2 is 2.00 bits per heavy atom. The number of nitrogens with one attached hydrogen (secondary N) is 1. The van der Waals surface area contributed by atoms with E-state index < -0.39 is 0 Å². The highest BCUT2D eigenvalue weighted by molar-refractivity contribution is 5.97. The van der Waals surface area contributed by atoms with Crippen LogP contribution >= 0.6 is 0 Å². The molecule has 1 aromatic heterocycles. The monoisotopic (exact) mass is 264 g/mol. The molecule has 3 rings (SSSR count). The molecule has 0 aliphatic carbocycles. The van der Waals surface area contributed by atoms with Crippen molar-refractivity contribution in [3.05, 3.63) is 54.2 Å². The Balaban J connectivity index is 1.83. The third-order valence-electron chi connectivity index (χ3n) is 3.11. The molecule has 0 saturated carbocycles. The predicted octanol–water partition coefficient (Wildman–Crippen LogP) is 2.75. The van der Waals surface area contributed by atoms with Crippen molar-refractivity contribution in [2.75, 3.05) is 11.9 Å². The maximum absolute atomic E-state index is 9.13. The molecule has 0 atom stereocenters. The summed E-state index contributed by atoms with van der Waals surface area (Å²) in [5.41, 5.74) is 1.68. The summed E-state index contributed by atoms with van der Waals surface area (Å²) >= 11 is 0. The zero-order chi connectivity index (χ0) is 13.8. The van der Waals surface area contributed by atoms with Gasteiger partial charge in [0.2, 0.25) is 5.89 Å². The minimum atomic E-state index is 0.607. The highest BCUT2D eigenvalue weighted by Crippen LogP contribution is 2.26. The van der Waals surface area contributed by atoms with Gasteiger partial charge in [0.05, 0.1) is 11.6 Å². The summed E-state index contributed by atoms with van der Waals surface area (Å²) in [6, 6.07) is 13.8. The minimum absolute atomic E-state index is 0.607. The quantitative estimate of drug-likeness (QED) is 0.784. The maximum Gasteiger partial charge on any atom is 0.228 e. The van der Waals surface area contributed by atoms with E-state index in [-0.39, 0.29) is 0 Å². The summed E-state index contributed by atoms with van der Waals surface area (Å²) in [5, 5.41) is 18.0. The summed E-state index contributed by atoms with van der Waals surface area (Å²) in [6.45, 7) is 0.693. The van der Waals surface area contributed by atoms with Crippen molar-refractivity contribution in [2.24, 2.45) is 0 Å². The van der Waals surface area contributed by atoms with Crippen molar-refractivity contribution in [1.82, 2.24) is 10.1 Å². The molecule has 5 heteroatoms. The van der Waals surface area contributed by atoms with Crippen LogP contribution in [0.25, 0.3) is 10.8 Å². The van der Waals surface area contributed by atoms with Crippen LogP contribution in [0, 0.1) is 11.3 Å². The molecule has 0 unspecified atom stereocenters. The maximum atomic E-state index is 9.13. The van der Waals surface area contributed by atoms with Crippen LogP contribution in [0.5, 0.6) is 0 Å². The molecule has 3 aromatic rings. The van der Waals surface area contributed by atoms with Crippen molar-refractivity contribution in [3.8, 4) is 6.07 Å². The molecule has 0 radical (unpaired) electrons. The lowest BCUT2D eigenvalue weighted by Gasteiger charge is -2.09. The Morgan fingerprint density at radius 1 is 1.15 bits per heavy atom. The molecule has 0 spiro atoms. The zero-order valence-corrected chi connectivity index (χ0v) is 10.7. The summed E-state index contributed by atoms with van der Waals surface area (Å²) in [4.78, 5) is 3.98. The number of hydrogen-bond acceptors (Lipinski definition) is 5. The lowest BCUT2D eigenvalue weighted by Crippen LogP contribution is -2.05. The average Bonchev–Trinajstić information content (AvgIpc) is 3.01. The summed E-state index contributed by atoms with van der Waals surface area (Å²) < 4.78 is 4.95. The van der Waals surface area contributed by atoms with Gasteiger partial charge in [-0.2, -0.15) is 10.2 Å². The van der Waals surface area contributed by atoms with Crippen LogP contribution in [0.15, 0.2) is 47.2 Å². The average molecular weight is 264 g/mol. The highest BCUT2D eigenvalue weighted by atomic mass is 16.5. The Bertz CT molecular complexity index is 759. The van der Waals surface area contributed by atoms with Crippen LogP contribution < -0.4 is 5.32 Å². The molecule has 0 bridgehead atoms. The fourth-order valence-electron chi connectivity index (χ4n) is 2.16. The molecule has 0 fully saturated rings. The van der Waals surface area contributed by atoms with Gasteiger partial charge in [0, 0.05) is 29.4 Å². The zero-order valence-electron chi connectivity index (χ0n) is 10.7. The number of nitriles is 1. The Kier molecular flexibility index (Phi) is 3.29. The Morgan fingerprint density at radius 3 is 2.75 bits per heavy atom. The molecule has 0 amide bonds. The Hall–Kier alpha value is -2.87. The second-order valence-corrected chi connectivity index (χ2v) is 4.33. The van der Waals surface area contributed by atoms with Gasteiger partial charge in [-0.15, -0.1) is 0 Å². The van der Waals surface area contributed by atoms with E-state index in [1.165, 1.54) is 6.33 Å². The van der Waals surface area contributed by atoms with Crippen molar-refractivity contribution < 1.29 is 4.52 Å². The fraction of sp³-hybridized carbons (Fsp3) is 0.133. The van der Waals surface area contributed by atoms with Gasteiger partial charge < -0.3 is 9.84 Å². The number of rotatable bonds is 4. The van der Waals surface area contributed by atoms with Gasteiger partial charge in [0.1, 0.15) is 0 Å². The third-order valence-corrected chi connectivity index (χ3v) is 3.11. The van der Waals surface area contributed by atoms with Gasteiger partial charge >= 0.3 is 0 Å². The van der Waals surface area contributed by atoms with Crippen molar-refractivity contribution in [3.63, 3.8) is 0 Å². The summed E-state index contributed by atoms with van der Waals surface area (Å²) in [5.74, 6) is 0.607. The molecule has 5 nitrogen and oxygen atoms in total. The molecule has 0 aliphatic heterocycles. The molecular weight excluding hydrogens is 252 g/mol. The lowest BCUT2D eigenvalue weighted by atomic mass is 10.0. The molecule has 0 saturated heterocycles. The topological polar surface area (TPSA) is 74.7 Å². The molecule has 2 aromatic carbocycles. The summed E-state index contributed by atoms with van der Waals surface area (Å²) in [7, 11) is 0. The van der Waals surface area contributed by atoms with Crippen molar-refractivity contribution >= 4 is 16.5 Å². The number of nitrogens with zero attached hydrogens (tertiary/aromatic N) is 3. The van der Waals surface area contributed by atoms with Crippen LogP contribution in [-0.4, -0.2) is 16.7 Å². The second-order valence-electron chi connectivity index (χ2n) is 4.33. The molecule has 1 heterocycles. The van der Waals surface area contributed by atoms with Gasteiger partial charge in [-0.1, -0.05) is 29.4 Å². The third kappa shape index (κ3) is 2.31. The van der Waals surface area contributed by atoms with E-state index >= 15 is 0 Å². The van der Waals surface area contributed by atoms with Gasteiger partial charge in [-0.3, -0.25) is 0 Å². The smallest absolute Gasteiger partial charge is 0.228 e. The van der Waals surface area contributed by atoms with E-state index in [2.05, 4.69) is 21.5 Å². The normalized spacial score (nSPS) is 10.3. The van der Waals surface area contributed by atoms with Gasteiger partial charge in [-0.25, -0.2) is 0 Å². The van der Waals surface area contributed by atoms with Gasteiger partial charge in [0.15, 0.2) is 6.33 Å². The fourth-order valence-corrected chi connectivity index (χ4v) is 2.16. The van der Waals surface area contributed by atoms with Crippen molar-refractivity contribution in [1.29, 1.82) is 5.26 Å². The van der Waals surface area contributed by atoms with Crippen LogP contribution in [-0.2, 0) is 6.42 Å². The van der Waals surface area contributed by atoms with Crippen LogP contribution in [0.1, 0.15) is 11.5 Å². The second kappa shape index (κ2) is 5.41. The molecule has 20 heavy (non-hydrogen) atoms. The highest BCUT2D eigenvalue weighted by Gasteiger charge is 2.05. The van der Waals surface area contributed by atoms with Crippen molar-refractivity contribution in [2.45, 2.75) is 6.42 Å². The first-order chi connectivity index (χ1) is 9.88. The largest absolute Gasteiger partial charge is 0.384 e. The first-order valence-electron chi connectivity index (χ1n) is 6.30. The minimum Gasteiger partial charge on any atom is -0.384 e. The van der Waals surface area contributed by atoms with E-state index in [1.54, 1.807) is 0 Å². The van der Waals surface area contributed by atoms with Crippen LogP contribution in [0.2, 0.25) is 0 Å². The van der Waals surface area contributed by atoms with Crippen LogP contribution in [0.3, 0.4) is 0 Å². The lowest BCUT2D eigenvalue weighted by molar-refractivity contribution is 0.380. The predicted molar refractivity (Wildman–Crippen MR) is 75.2 cm³/mol. The molecule has 1 N–H and O–H groups in total. The van der Waals surface area contributed by atoms with Crippen LogP contribution in [0.4, 0.5) is 5.69 Å². The van der Waals surface area contributed by atoms with E-state index in [9.17, 15) is 0 Å². The van der Waals surface area contributed by atoms with E-state index in [0.29, 0.717) is 24.4 Å². The molecule has 0 aliphatic rings. The van der Waals surface area contributed by atoms with E-state index in [1.807, 2.05) is 36.4 Å². The summed E-state index contributed by atoms with van der Waals surface area (Å²) in [6.07, 6.45) is 2.06. The van der Waals surface area contributed by atoms with Gasteiger partial charge in [-0.05, 0) is 12.1 Å². The van der Waals surface area contributed by atoms with Gasteiger partial charge in [0.25, 0.3) is 0 Å². The number of anilines is 1. The number of hydrogen-bond donors (Lipinski definition) is 1. The number of benzene rings is 2. The van der Waals surface area contributed by atoms with E-state index in [4.69, 9.17) is 9.78 Å². The van der Waals surface area contributed by atoms with E-state index in [0.717, 1.165) is 16.5 Å². The first-order valence-corrected chi connectivity index (χ1v) is 6.30. The number of aromatic nitrogens is 2. The Labute approximate surface area is 115 Å².